The number of aryl methyl sites for hydroxylation is 1. The molecule has 0 fully saturated rings. The molecule has 1 aromatic heterocycles. The average Bonchev–Trinajstić information content (AvgIpc) is 2.87. The normalized spacial score (nSPS) is 12.9. The Kier molecular flexibility index (Phi) is 8.77. The van der Waals surface area contributed by atoms with Gasteiger partial charge in [-0.1, -0.05) is 25.1 Å². The minimum Gasteiger partial charge on any atom is -0.799 e. The van der Waals surface area contributed by atoms with Gasteiger partial charge in [-0.05, 0) is 48.6 Å². The van der Waals surface area contributed by atoms with Gasteiger partial charge in [0.2, 0.25) is 5.95 Å². The number of methoxy groups -OCH3 is 1. The zero-order valence-corrected chi connectivity index (χ0v) is 21.2. The van der Waals surface area contributed by atoms with Crippen molar-refractivity contribution in [2.75, 3.05) is 37.1 Å². The van der Waals surface area contributed by atoms with Gasteiger partial charge in [0.05, 0.1) is 24.0 Å². The van der Waals surface area contributed by atoms with Crippen molar-refractivity contribution in [3.05, 3.63) is 65.4 Å². The molecule has 0 saturated heterocycles. The largest absolute Gasteiger partial charge is 0.799 e. The summed E-state index contributed by atoms with van der Waals surface area (Å²) in [4.78, 5) is 31.8. The van der Waals surface area contributed by atoms with Gasteiger partial charge in [0.15, 0.2) is 0 Å². The summed E-state index contributed by atoms with van der Waals surface area (Å²) in [5.41, 5.74) is 0.220. The maximum absolute atomic E-state index is 13.7. The Morgan fingerprint density at radius 2 is 1.86 bits per heavy atom. The van der Waals surface area contributed by atoms with Gasteiger partial charge in [0, 0.05) is 20.6 Å². The molecule has 3 aromatic rings. The molecule has 2 aromatic carbocycles. The smallest absolute Gasteiger partial charge is 0.421 e. The third kappa shape index (κ3) is 7.21. The van der Waals surface area contributed by atoms with Gasteiger partial charge < -0.3 is 30.1 Å². The average molecular weight is 536 g/mol. The van der Waals surface area contributed by atoms with Crippen LogP contribution in [0.5, 0.6) is 5.75 Å². The van der Waals surface area contributed by atoms with Crippen LogP contribution in [0.25, 0.3) is 0 Å². The van der Waals surface area contributed by atoms with Crippen molar-refractivity contribution in [1.29, 1.82) is 0 Å². The zero-order chi connectivity index (χ0) is 27.2. The molecule has 1 amide bonds. The number of aromatic nitrogens is 2. The molecule has 0 radical (unpaired) electrons. The van der Waals surface area contributed by atoms with E-state index in [1.807, 2.05) is 0 Å². The van der Waals surface area contributed by atoms with Gasteiger partial charge in [-0.2, -0.15) is 18.2 Å². The number of carbonyl (C=O) groups excluding carboxylic acids is 1. The molecule has 9 nitrogen and oxygen atoms in total. The molecule has 0 spiro atoms. The minimum absolute atomic E-state index is 0.00794. The van der Waals surface area contributed by atoms with E-state index in [-0.39, 0.29) is 29.5 Å². The first-order valence-electron chi connectivity index (χ1n) is 11.2. The molecule has 1 unspecified atom stereocenters. The highest BCUT2D eigenvalue weighted by atomic mass is 31.2. The maximum Gasteiger partial charge on any atom is 0.421 e. The van der Waals surface area contributed by atoms with Crippen molar-refractivity contribution >= 4 is 36.4 Å². The summed E-state index contributed by atoms with van der Waals surface area (Å²) in [7, 11) is -0.625. The standard InChI is InChI=1S/C24H27F3N5O4P/c1-4-37(34,35)12-11-15-9-10-19(20(13-15)36-3)31-23-29-14-17(24(25,26)27)21(32-23)30-18-8-6-5-7-16(18)22(33)28-2/h5-10,13-14H,4,11-12H2,1-3H3,(H,28,33)(H,34,35)(H2,29,30,31,32)/p-1. The lowest BCUT2D eigenvalue weighted by atomic mass is 10.1. The van der Waals surface area contributed by atoms with Crippen LogP contribution < -0.4 is 25.6 Å². The van der Waals surface area contributed by atoms with E-state index in [2.05, 4.69) is 25.9 Å². The first kappa shape index (κ1) is 27.9. The number of nitrogens with one attached hydrogen (secondary N) is 3. The van der Waals surface area contributed by atoms with E-state index in [4.69, 9.17) is 4.74 Å². The van der Waals surface area contributed by atoms with Crippen molar-refractivity contribution < 1.29 is 32.2 Å². The third-order valence-corrected chi connectivity index (χ3v) is 7.35. The van der Waals surface area contributed by atoms with Crippen LogP contribution in [-0.4, -0.2) is 42.4 Å². The van der Waals surface area contributed by atoms with Gasteiger partial charge in [0.25, 0.3) is 5.91 Å². The van der Waals surface area contributed by atoms with Crippen LogP contribution in [0.1, 0.15) is 28.4 Å². The molecule has 0 aliphatic carbocycles. The first-order chi connectivity index (χ1) is 17.5. The summed E-state index contributed by atoms with van der Waals surface area (Å²) in [6.07, 6.45) is -3.76. The number of alkyl halides is 3. The SMILES string of the molecule is CCP(=O)([O-])CCc1ccc(Nc2ncc(C(F)(F)F)c(Nc3ccccc3C(=O)NC)n2)c(OC)c1. The number of rotatable bonds is 10. The molecule has 37 heavy (non-hydrogen) atoms. The molecule has 0 saturated carbocycles. The quantitative estimate of drug-likeness (QED) is 0.322. The Labute approximate surface area is 211 Å². The van der Waals surface area contributed by atoms with E-state index in [1.54, 1.807) is 37.3 Å². The topological polar surface area (TPSA) is 128 Å². The molecule has 0 aliphatic rings. The number of ether oxygens (including phenoxy) is 1. The number of benzene rings is 2. The molecule has 198 valence electrons. The first-order valence-corrected chi connectivity index (χ1v) is 13.2. The van der Waals surface area contributed by atoms with Crippen molar-refractivity contribution in [3.63, 3.8) is 0 Å². The monoisotopic (exact) mass is 536 g/mol. The molecule has 1 atom stereocenters. The fraction of sp³-hybridized carbons (Fsp3) is 0.292. The van der Waals surface area contributed by atoms with Crippen molar-refractivity contribution in [1.82, 2.24) is 15.3 Å². The minimum atomic E-state index is -4.76. The van der Waals surface area contributed by atoms with Crippen LogP contribution in [0.4, 0.5) is 36.3 Å². The highest BCUT2D eigenvalue weighted by Gasteiger charge is 2.35. The van der Waals surface area contributed by atoms with E-state index in [1.165, 1.54) is 26.3 Å². The Hall–Kier alpha value is -3.63. The maximum atomic E-state index is 13.7. The number of para-hydroxylation sites is 1. The van der Waals surface area contributed by atoms with E-state index in [0.717, 1.165) is 0 Å². The molecular weight excluding hydrogens is 510 g/mol. The number of anilines is 4. The second-order valence-corrected chi connectivity index (χ2v) is 10.7. The number of hydrogen-bond donors (Lipinski definition) is 3. The lowest BCUT2D eigenvalue weighted by Gasteiger charge is -2.21. The van der Waals surface area contributed by atoms with E-state index < -0.39 is 30.8 Å². The highest BCUT2D eigenvalue weighted by molar-refractivity contribution is 7.56. The number of amides is 1. The van der Waals surface area contributed by atoms with Crippen LogP contribution >= 0.6 is 7.37 Å². The Bertz CT molecular complexity index is 1320. The van der Waals surface area contributed by atoms with Crippen LogP contribution in [0, 0.1) is 0 Å². The fourth-order valence-electron chi connectivity index (χ4n) is 3.37. The Balaban J connectivity index is 1.93. The second-order valence-electron chi connectivity index (χ2n) is 7.97. The van der Waals surface area contributed by atoms with Gasteiger partial charge in [-0.3, -0.25) is 4.79 Å². The lowest BCUT2D eigenvalue weighted by molar-refractivity contribution is -0.174. The van der Waals surface area contributed by atoms with E-state index in [9.17, 15) is 27.4 Å². The van der Waals surface area contributed by atoms with Crippen molar-refractivity contribution in [2.45, 2.75) is 19.5 Å². The summed E-state index contributed by atoms with van der Waals surface area (Å²) in [6.45, 7) is 1.59. The summed E-state index contributed by atoms with van der Waals surface area (Å²) in [5, 5.41) is 7.88. The molecule has 3 rings (SSSR count). The van der Waals surface area contributed by atoms with E-state index in [0.29, 0.717) is 29.6 Å². The predicted molar refractivity (Wildman–Crippen MR) is 133 cm³/mol. The van der Waals surface area contributed by atoms with Crippen LogP contribution in [0.2, 0.25) is 0 Å². The van der Waals surface area contributed by atoms with Crippen molar-refractivity contribution in [2.24, 2.45) is 0 Å². The van der Waals surface area contributed by atoms with Crippen LogP contribution in [0.15, 0.2) is 48.7 Å². The molecule has 0 bridgehead atoms. The summed E-state index contributed by atoms with van der Waals surface area (Å²) in [5.74, 6) is -0.865. The van der Waals surface area contributed by atoms with Gasteiger partial charge in [-0.15, -0.1) is 0 Å². The Morgan fingerprint density at radius 3 is 2.51 bits per heavy atom. The molecule has 1 heterocycles. The number of carbonyl (C=O) groups is 1. The molecule has 3 N–H and O–H groups in total. The van der Waals surface area contributed by atoms with Gasteiger partial charge >= 0.3 is 6.18 Å². The summed E-state index contributed by atoms with van der Waals surface area (Å²) in [6, 6.07) is 11.0. The predicted octanol–water partition coefficient (Wildman–Crippen LogP) is 4.55. The molecule has 0 aliphatic heterocycles. The van der Waals surface area contributed by atoms with E-state index >= 15 is 0 Å². The molecule has 13 heteroatoms. The number of halogens is 3. The van der Waals surface area contributed by atoms with Gasteiger partial charge in [0.1, 0.15) is 17.1 Å². The summed E-state index contributed by atoms with van der Waals surface area (Å²) >= 11 is 0. The molecular formula is C24H26F3N5O4P-. The number of nitrogens with zero attached hydrogens (tertiary/aromatic N) is 2. The zero-order valence-electron chi connectivity index (χ0n) is 20.3. The second kappa shape index (κ2) is 11.6. The van der Waals surface area contributed by atoms with Crippen LogP contribution in [-0.2, 0) is 17.2 Å². The van der Waals surface area contributed by atoms with Crippen LogP contribution in [0.3, 0.4) is 0 Å². The lowest BCUT2D eigenvalue weighted by Crippen LogP contribution is -2.20. The van der Waals surface area contributed by atoms with Crippen molar-refractivity contribution in [3.8, 4) is 5.75 Å². The van der Waals surface area contributed by atoms with Gasteiger partial charge in [-0.25, -0.2) is 4.98 Å². The summed E-state index contributed by atoms with van der Waals surface area (Å²) < 4.78 is 58.3. The number of hydrogen-bond acceptors (Lipinski definition) is 8. The third-order valence-electron chi connectivity index (χ3n) is 5.48. The highest BCUT2D eigenvalue weighted by Crippen LogP contribution is 2.38. The Morgan fingerprint density at radius 1 is 1.14 bits per heavy atom. The fourth-order valence-corrected chi connectivity index (χ4v) is 4.28.